The van der Waals surface area contributed by atoms with E-state index < -0.39 is 0 Å². The Hall–Kier alpha value is -3.67. The van der Waals surface area contributed by atoms with Crippen LogP contribution in [-0.2, 0) is 11.3 Å². The van der Waals surface area contributed by atoms with Crippen LogP contribution in [0.1, 0.15) is 33.6 Å². The van der Waals surface area contributed by atoms with Crippen LogP contribution in [0, 0.1) is 13.8 Å². The zero-order valence-corrected chi connectivity index (χ0v) is 17.2. The molecule has 1 heterocycles. The summed E-state index contributed by atoms with van der Waals surface area (Å²) in [5, 5.41) is 9.03. The zero-order valence-electron chi connectivity index (χ0n) is 17.2. The number of rotatable bonds is 8. The summed E-state index contributed by atoms with van der Waals surface area (Å²) < 4.78 is 0. The van der Waals surface area contributed by atoms with Crippen molar-refractivity contribution >= 4 is 23.2 Å². The minimum atomic E-state index is -0.197. The minimum Gasteiger partial charge on any atom is -0.379 e. The van der Waals surface area contributed by atoms with Crippen molar-refractivity contribution in [3.63, 3.8) is 0 Å². The molecule has 3 N–H and O–H groups in total. The Bertz CT molecular complexity index is 1020. The van der Waals surface area contributed by atoms with Crippen LogP contribution >= 0.6 is 0 Å². The monoisotopic (exact) mass is 402 g/mol. The molecular weight excluding hydrogens is 376 g/mol. The van der Waals surface area contributed by atoms with E-state index in [0.717, 1.165) is 28.2 Å². The summed E-state index contributed by atoms with van der Waals surface area (Å²) in [6.07, 6.45) is 1.96. The summed E-state index contributed by atoms with van der Waals surface area (Å²) in [5.41, 5.74) is 5.03. The van der Waals surface area contributed by atoms with Gasteiger partial charge in [0.15, 0.2) is 0 Å². The van der Waals surface area contributed by atoms with Crippen molar-refractivity contribution < 1.29 is 9.59 Å². The molecule has 3 rings (SSSR count). The van der Waals surface area contributed by atoms with Crippen molar-refractivity contribution in [3.05, 3.63) is 89.2 Å². The number of pyridine rings is 1. The van der Waals surface area contributed by atoms with Crippen LogP contribution in [0.2, 0.25) is 0 Å². The molecule has 30 heavy (non-hydrogen) atoms. The van der Waals surface area contributed by atoms with E-state index in [2.05, 4.69) is 20.9 Å². The second-order valence-corrected chi connectivity index (χ2v) is 7.02. The summed E-state index contributed by atoms with van der Waals surface area (Å²) in [6.45, 7) is 4.68. The lowest BCUT2D eigenvalue weighted by atomic mass is 10.1. The van der Waals surface area contributed by atoms with Crippen LogP contribution in [0.5, 0.6) is 0 Å². The van der Waals surface area contributed by atoms with E-state index >= 15 is 0 Å². The molecule has 6 heteroatoms. The normalized spacial score (nSPS) is 10.3. The molecule has 0 saturated carbocycles. The molecule has 0 bridgehead atoms. The molecule has 154 valence electrons. The van der Waals surface area contributed by atoms with Gasteiger partial charge in [-0.3, -0.25) is 14.6 Å². The smallest absolute Gasteiger partial charge is 0.251 e. The van der Waals surface area contributed by atoms with Crippen molar-refractivity contribution in [1.82, 2.24) is 10.3 Å². The minimum absolute atomic E-state index is 0.132. The maximum absolute atomic E-state index is 12.6. The van der Waals surface area contributed by atoms with Crippen LogP contribution < -0.4 is 16.0 Å². The van der Waals surface area contributed by atoms with Crippen LogP contribution in [0.15, 0.2) is 66.9 Å². The summed E-state index contributed by atoms with van der Waals surface area (Å²) in [7, 11) is 0. The first-order valence-corrected chi connectivity index (χ1v) is 9.91. The van der Waals surface area contributed by atoms with Gasteiger partial charge in [0, 0.05) is 36.1 Å². The molecule has 0 aliphatic rings. The summed E-state index contributed by atoms with van der Waals surface area (Å²) in [6, 6.07) is 18.9. The topological polar surface area (TPSA) is 83.1 Å². The van der Waals surface area contributed by atoms with E-state index in [-0.39, 0.29) is 24.8 Å². The van der Waals surface area contributed by atoms with Crippen molar-refractivity contribution in [2.45, 2.75) is 26.8 Å². The van der Waals surface area contributed by atoms with E-state index in [1.165, 1.54) is 0 Å². The summed E-state index contributed by atoms with van der Waals surface area (Å²) >= 11 is 0. The number of nitrogens with one attached hydrogen (secondary N) is 3. The first kappa shape index (κ1) is 21.0. The van der Waals surface area contributed by atoms with Gasteiger partial charge in [0.2, 0.25) is 5.91 Å². The molecule has 6 nitrogen and oxygen atoms in total. The summed E-state index contributed by atoms with van der Waals surface area (Å²) in [5.74, 6) is -0.329. The average Bonchev–Trinajstić information content (AvgIpc) is 2.75. The summed E-state index contributed by atoms with van der Waals surface area (Å²) in [4.78, 5) is 29.0. The number of hydrogen-bond donors (Lipinski definition) is 3. The highest BCUT2D eigenvalue weighted by molar-refractivity contribution is 5.97. The van der Waals surface area contributed by atoms with E-state index in [1.807, 2.05) is 68.4 Å². The Labute approximate surface area is 176 Å². The van der Waals surface area contributed by atoms with Gasteiger partial charge in [-0.15, -0.1) is 0 Å². The zero-order chi connectivity index (χ0) is 21.3. The molecule has 0 spiro atoms. The van der Waals surface area contributed by atoms with Gasteiger partial charge in [-0.25, -0.2) is 0 Å². The first-order chi connectivity index (χ1) is 14.5. The molecule has 0 atom stereocenters. The third-order valence-corrected chi connectivity index (χ3v) is 4.82. The third kappa shape index (κ3) is 5.67. The highest BCUT2D eigenvalue weighted by Gasteiger charge is 2.12. The van der Waals surface area contributed by atoms with Gasteiger partial charge in [-0.05, 0) is 55.3 Å². The lowest BCUT2D eigenvalue weighted by Crippen LogP contribution is -2.28. The Morgan fingerprint density at radius 3 is 2.43 bits per heavy atom. The van der Waals surface area contributed by atoms with Crippen molar-refractivity contribution in [2.75, 3.05) is 17.2 Å². The first-order valence-electron chi connectivity index (χ1n) is 9.91. The average molecular weight is 402 g/mol. The highest BCUT2D eigenvalue weighted by Crippen LogP contribution is 2.19. The molecule has 0 aliphatic heterocycles. The second kappa shape index (κ2) is 10.2. The number of carbonyl (C=O) groups is 2. The Morgan fingerprint density at radius 2 is 1.67 bits per heavy atom. The molecule has 0 radical (unpaired) electrons. The Morgan fingerprint density at radius 1 is 0.900 bits per heavy atom. The predicted octanol–water partition coefficient (Wildman–Crippen LogP) is 4.07. The van der Waals surface area contributed by atoms with Gasteiger partial charge < -0.3 is 16.0 Å². The number of anilines is 2. The number of para-hydroxylation sites is 1. The van der Waals surface area contributed by atoms with Crippen molar-refractivity contribution in [3.8, 4) is 0 Å². The van der Waals surface area contributed by atoms with E-state index in [4.69, 9.17) is 0 Å². The fourth-order valence-electron chi connectivity index (χ4n) is 3.07. The van der Waals surface area contributed by atoms with E-state index in [9.17, 15) is 9.59 Å². The van der Waals surface area contributed by atoms with Crippen molar-refractivity contribution in [1.29, 1.82) is 0 Å². The third-order valence-electron chi connectivity index (χ3n) is 4.82. The molecule has 0 saturated heterocycles. The molecule has 2 amide bonds. The van der Waals surface area contributed by atoms with Gasteiger partial charge in [0.05, 0.1) is 12.2 Å². The largest absolute Gasteiger partial charge is 0.379 e. The number of benzene rings is 2. The molecule has 0 unspecified atom stereocenters. The number of carbonyl (C=O) groups excluding carboxylic acids is 2. The van der Waals surface area contributed by atoms with E-state index in [0.29, 0.717) is 12.1 Å². The van der Waals surface area contributed by atoms with Crippen LogP contribution in [0.4, 0.5) is 11.4 Å². The second-order valence-electron chi connectivity index (χ2n) is 7.02. The highest BCUT2D eigenvalue weighted by atomic mass is 16.2. The predicted molar refractivity (Wildman–Crippen MR) is 120 cm³/mol. The van der Waals surface area contributed by atoms with Gasteiger partial charge in [0.25, 0.3) is 5.91 Å². The number of nitrogens with zero attached hydrogens (tertiary/aromatic N) is 1. The molecule has 3 aromatic rings. The fourth-order valence-corrected chi connectivity index (χ4v) is 3.07. The molecular formula is C24H26N4O2. The van der Waals surface area contributed by atoms with Gasteiger partial charge in [-0.1, -0.05) is 30.3 Å². The number of hydrogen-bond acceptors (Lipinski definition) is 4. The maximum Gasteiger partial charge on any atom is 0.251 e. The SMILES string of the molecule is Cc1ccccc1NC(=O)CCNC(=O)c1cccc(NCc2ccccn2)c1C. The van der Waals surface area contributed by atoms with Crippen molar-refractivity contribution in [2.24, 2.45) is 0 Å². The molecule has 0 fully saturated rings. The lowest BCUT2D eigenvalue weighted by molar-refractivity contribution is -0.116. The maximum atomic E-state index is 12.6. The van der Waals surface area contributed by atoms with Crippen LogP contribution in [0.3, 0.4) is 0 Å². The van der Waals surface area contributed by atoms with Gasteiger partial charge in [0.1, 0.15) is 0 Å². The van der Waals surface area contributed by atoms with Crippen LogP contribution in [-0.4, -0.2) is 23.3 Å². The van der Waals surface area contributed by atoms with Gasteiger partial charge >= 0.3 is 0 Å². The Balaban J connectivity index is 1.52. The Kier molecular flexibility index (Phi) is 7.16. The molecule has 1 aromatic heterocycles. The number of amides is 2. The fraction of sp³-hybridized carbons (Fsp3) is 0.208. The molecule has 2 aromatic carbocycles. The quantitative estimate of drug-likeness (QED) is 0.530. The van der Waals surface area contributed by atoms with Crippen LogP contribution in [0.25, 0.3) is 0 Å². The molecule has 0 aliphatic carbocycles. The standard InChI is InChI=1S/C24H26N4O2/c1-17-8-3-4-11-21(17)28-23(29)13-15-26-24(30)20-10-7-12-22(18(20)2)27-16-19-9-5-6-14-25-19/h3-12,14,27H,13,15-16H2,1-2H3,(H,26,30)(H,28,29). The van der Waals surface area contributed by atoms with E-state index in [1.54, 1.807) is 12.3 Å². The van der Waals surface area contributed by atoms with Gasteiger partial charge in [-0.2, -0.15) is 0 Å². The lowest BCUT2D eigenvalue weighted by Gasteiger charge is -2.13. The number of aromatic nitrogens is 1. The number of aryl methyl sites for hydroxylation is 1.